The number of hydrogen-bond acceptors (Lipinski definition) is 7. The fraction of sp³-hybridized carbons (Fsp3) is 0.294. The number of carbonyl (C=O) groups is 3. The molecule has 11 heteroatoms. The molecule has 2 saturated carbocycles. The van der Waals surface area contributed by atoms with Crippen LogP contribution in [0.2, 0.25) is 5.02 Å². The summed E-state index contributed by atoms with van der Waals surface area (Å²) in [5, 5.41) is 4.28. The van der Waals surface area contributed by atoms with E-state index in [1.807, 2.05) is 55.5 Å². The van der Waals surface area contributed by atoms with Crippen molar-refractivity contribution < 1.29 is 19.1 Å². The molecule has 45 heavy (non-hydrogen) atoms. The van der Waals surface area contributed by atoms with E-state index in [1.54, 1.807) is 36.0 Å². The molecule has 2 aliphatic carbocycles. The molecule has 3 aromatic carbocycles. The summed E-state index contributed by atoms with van der Waals surface area (Å²) in [6.45, 7) is 1.77. The first-order chi connectivity index (χ1) is 21.8. The molecule has 3 fully saturated rings. The Kier molecular flexibility index (Phi) is 6.92. The molecule has 6 unspecified atom stereocenters. The second-order valence-corrected chi connectivity index (χ2v) is 14.8. The summed E-state index contributed by atoms with van der Waals surface area (Å²) in [7, 11) is 0. The number of H-pyrrole nitrogens is 1. The van der Waals surface area contributed by atoms with Gasteiger partial charge in [-0.25, -0.2) is 0 Å². The number of ether oxygens (including phenoxy) is 1. The highest BCUT2D eigenvalue weighted by Crippen LogP contribution is 2.69. The zero-order valence-electron chi connectivity index (χ0n) is 24.1. The van der Waals surface area contributed by atoms with E-state index in [-0.39, 0.29) is 64.0 Å². The van der Waals surface area contributed by atoms with E-state index in [2.05, 4.69) is 10.3 Å². The van der Waals surface area contributed by atoms with Crippen molar-refractivity contribution in [2.75, 3.05) is 16.8 Å². The van der Waals surface area contributed by atoms with Crippen LogP contribution in [0.5, 0.6) is 5.75 Å². The van der Waals surface area contributed by atoms with Gasteiger partial charge in [-0.05, 0) is 73.6 Å². The molecule has 8 rings (SSSR count). The molecule has 228 valence electrons. The molecule has 3 amide bonds. The molecule has 2 N–H and O–H groups in total. The highest BCUT2D eigenvalue weighted by molar-refractivity contribution is 8.00. The molecule has 1 saturated heterocycles. The lowest BCUT2D eigenvalue weighted by atomic mass is 9.68. The van der Waals surface area contributed by atoms with Gasteiger partial charge in [0.2, 0.25) is 11.8 Å². The fourth-order valence-electron chi connectivity index (χ4n) is 8.06. The van der Waals surface area contributed by atoms with Crippen LogP contribution in [0.4, 0.5) is 11.4 Å². The van der Waals surface area contributed by atoms with Crippen LogP contribution in [-0.2, 0) is 14.4 Å². The lowest BCUT2D eigenvalue weighted by Gasteiger charge is -2.43. The first-order valence-corrected chi connectivity index (χ1v) is 17.0. The third-order valence-electron chi connectivity index (χ3n) is 9.76. The topological polar surface area (TPSA) is 109 Å². The van der Waals surface area contributed by atoms with Crippen LogP contribution in [0, 0.1) is 36.5 Å². The van der Waals surface area contributed by atoms with E-state index in [4.69, 9.17) is 16.3 Å². The molecule has 2 aliphatic heterocycles. The number of para-hydroxylation sites is 1. The number of aryl methyl sites for hydroxylation is 1. The Morgan fingerprint density at radius 3 is 2.44 bits per heavy atom. The number of aromatic nitrogens is 1. The van der Waals surface area contributed by atoms with Gasteiger partial charge in [-0.1, -0.05) is 58.8 Å². The lowest BCUT2D eigenvalue weighted by Crippen LogP contribution is -2.42. The van der Waals surface area contributed by atoms with Gasteiger partial charge in [0.15, 0.2) is 6.61 Å². The van der Waals surface area contributed by atoms with Crippen molar-refractivity contribution in [1.29, 1.82) is 0 Å². The number of thiazole rings is 1. The van der Waals surface area contributed by atoms with E-state index >= 15 is 0 Å². The Bertz CT molecular complexity index is 1910. The van der Waals surface area contributed by atoms with Gasteiger partial charge in [-0.3, -0.25) is 24.1 Å². The maximum Gasteiger partial charge on any atom is 0.305 e. The van der Waals surface area contributed by atoms with Gasteiger partial charge in [0, 0.05) is 32.3 Å². The monoisotopic (exact) mass is 657 g/mol. The van der Waals surface area contributed by atoms with Gasteiger partial charge in [-0.15, -0.1) is 11.8 Å². The average Bonchev–Trinajstić information content (AvgIpc) is 3.77. The van der Waals surface area contributed by atoms with Crippen LogP contribution < -0.4 is 19.8 Å². The average molecular weight is 658 g/mol. The van der Waals surface area contributed by atoms with Gasteiger partial charge < -0.3 is 15.0 Å². The van der Waals surface area contributed by atoms with Crippen molar-refractivity contribution in [3.8, 4) is 5.75 Å². The van der Waals surface area contributed by atoms with Crippen molar-refractivity contribution in [3.05, 3.63) is 103 Å². The number of imide groups is 1. The second-order valence-electron chi connectivity index (χ2n) is 12.2. The number of aromatic amines is 1. The first kappa shape index (κ1) is 28.6. The summed E-state index contributed by atoms with van der Waals surface area (Å²) < 4.78 is 6.15. The number of nitrogens with zero attached hydrogens (tertiary/aromatic N) is 1. The summed E-state index contributed by atoms with van der Waals surface area (Å²) in [6.07, 6.45) is 0.791. The van der Waals surface area contributed by atoms with Crippen LogP contribution in [0.3, 0.4) is 0 Å². The third-order valence-corrected chi connectivity index (χ3v) is 12.6. The molecule has 3 heterocycles. The van der Waals surface area contributed by atoms with Crippen molar-refractivity contribution in [1.82, 2.24) is 4.98 Å². The summed E-state index contributed by atoms with van der Waals surface area (Å²) in [5.74, 6) is -0.986. The van der Waals surface area contributed by atoms with Crippen LogP contribution in [0.25, 0.3) is 0 Å². The molecule has 4 aromatic rings. The lowest BCUT2D eigenvalue weighted by molar-refractivity contribution is -0.123. The number of carbonyl (C=O) groups excluding carboxylic acids is 3. The number of fused-ring (bicyclic) bond motifs is 9. The predicted molar refractivity (Wildman–Crippen MR) is 174 cm³/mol. The van der Waals surface area contributed by atoms with Crippen molar-refractivity contribution in [2.45, 2.75) is 29.5 Å². The number of nitrogens with one attached hydrogen (secondary N) is 2. The Hall–Kier alpha value is -3.86. The summed E-state index contributed by atoms with van der Waals surface area (Å²) in [6, 6.07) is 22.0. The Labute approximate surface area is 272 Å². The summed E-state index contributed by atoms with van der Waals surface area (Å²) >= 11 is 8.80. The number of thioether (sulfide) groups is 1. The summed E-state index contributed by atoms with van der Waals surface area (Å²) in [4.78, 5) is 58.6. The van der Waals surface area contributed by atoms with Gasteiger partial charge >= 0.3 is 4.87 Å². The van der Waals surface area contributed by atoms with Crippen LogP contribution >= 0.6 is 34.7 Å². The van der Waals surface area contributed by atoms with Crippen molar-refractivity contribution >= 4 is 63.8 Å². The number of amides is 3. The van der Waals surface area contributed by atoms with E-state index in [0.29, 0.717) is 22.1 Å². The Balaban J connectivity index is 1.12. The Morgan fingerprint density at radius 1 is 0.978 bits per heavy atom. The minimum atomic E-state index is -0.399. The molecule has 2 bridgehead atoms. The molecular formula is C34H28ClN3O5S2. The van der Waals surface area contributed by atoms with E-state index in [1.165, 1.54) is 16.2 Å². The smallest absolute Gasteiger partial charge is 0.305 e. The standard InChI is InChI=1S/C34H28ClN3O5S2/c1-16-6-12-19(13-7-16)38-32(40)27-21-14-22(28(27)33(38)41)29-26(21)25(30-31(44-29)37-34(42)45-30)20-4-2-3-5-23(20)43-15-24(39)36-18-10-8-17(35)9-11-18/h2-13,21-22,25-29H,14-15H2,1H3,(H,36,39)(H,37,42)/t21?,22?,25-,26?,27?,28?,29?/m1/s1. The van der Waals surface area contributed by atoms with Crippen molar-refractivity contribution in [2.24, 2.45) is 29.6 Å². The van der Waals surface area contributed by atoms with E-state index in [9.17, 15) is 19.2 Å². The largest absolute Gasteiger partial charge is 0.483 e. The summed E-state index contributed by atoms with van der Waals surface area (Å²) in [5.41, 5.74) is 3.17. The van der Waals surface area contributed by atoms with E-state index in [0.717, 1.165) is 27.5 Å². The highest BCUT2D eigenvalue weighted by atomic mass is 35.5. The minimum Gasteiger partial charge on any atom is -0.483 e. The maximum atomic E-state index is 14.0. The molecule has 8 nitrogen and oxygen atoms in total. The molecule has 0 radical (unpaired) electrons. The number of anilines is 2. The van der Waals surface area contributed by atoms with E-state index < -0.39 is 5.92 Å². The second kappa shape index (κ2) is 10.9. The number of halogens is 1. The van der Waals surface area contributed by atoms with Gasteiger partial charge in [-0.2, -0.15) is 0 Å². The third kappa shape index (κ3) is 4.64. The SMILES string of the molecule is Cc1ccc(N2C(=O)C3C4CC(C3C2=O)C2C4Sc3[nH]c(=O)sc3[C@@H]2c2ccccc2OCC(=O)Nc2ccc(Cl)cc2)cc1. The zero-order valence-corrected chi connectivity index (χ0v) is 26.5. The van der Waals surface area contributed by atoms with Crippen LogP contribution in [-0.4, -0.2) is 34.6 Å². The van der Waals surface area contributed by atoms with Crippen LogP contribution in [0.1, 0.15) is 28.3 Å². The fourth-order valence-corrected chi connectivity index (χ4v) is 11.1. The van der Waals surface area contributed by atoms with Gasteiger partial charge in [0.25, 0.3) is 5.91 Å². The molecule has 1 aromatic heterocycles. The molecular weight excluding hydrogens is 630 g/mol. The normalized spacial score (nSPS) is 27.7. The van der Waals surface area contributed by atoms with Crippen LogP contribution in [0.15, 0.2) is 82.6 Å². The minimum absolute atomic E-state index is 0.0131. The first-order valence-electron chi connectivity index (χ1n) is 14.9. The quantitative estimate of drug-likeness (QED) is 0.243. The Morgan fingerprint density at radius 2 is 1.69 bits per heavy atom. The number of benzene rings is 3. The molecule has 4 aliphatic rings. The van der Waals surface area contributed by atoms with Gasteiger partial charge in [0.1, 0.15) is 5.75 Å². The number of hydrogen-bond donors (Lipinski definition) is 2. The molecule has 0 spiro atoms. The predicted octanol–water partition coefficient (Wildman–Crippen LogP) is 6.09. The zero-order chi connectivity index (χ0) is 31.0. The maximum absolute atomic E-state index is 14.0. The number of rotatable bonds is 6. The van der Waals surface area contributed by atoms with Crippen molar-refractivity contribution in [3.63, 3.8) is 0 Å². The highest BCUT2D eigenvalue weighted by Gasteiger charge is 2.69. The van der Waals surface area contributed by atoms with Gasteiger partial charge in [0.05, 0.1) is 22.5 Å². The molecule has 7 atom stereocenters.